The van der Waals surface area contributed by atoms with Gasteiger partial charge in [0.2, 0.25) is 5.91 Å². The molecule has 0 aromatic heterocycles. The number of hydrogen-bond donors (Lipinski definition) is 1. The summed E-state index contributed by atoms with van der Waals surface area (Å²) in [5.74, 6) is 1.43. The summed E-state index contributed by atoms with van der Waals surface area (Å²) in [5.41, 5.74) is 1.22. The molecule has 1 N–H and O–H groups in total. The summed E-state index contributed by atoms with van der Waals surface area (Å²) in [5, 5.41) is 3.27. The van der Waals surface area contributed by atoms with Crippen molar-refractivity contribution in [3.8, 4) is 5.75 Å². The van der Waals surface area contributed by atoms with Crippen LogP contribution in [0.3, 0.4) is 0 Å². The molecule has 1 aliphatic rings. The van der Waals surface area contributed by atoms with E-state index in [0.717, 1.165) is 38.3 Å². The van der Waals surface area contributed by atoms with E-state index in [1.54, 1.807) is 7.11 Å². The second-order valence-corrected chi connectivity index (χ2v) is 5.21. The van der Waals surface area contributed by atoms with E-state index in [0.29, 0.717) is 12.3 Å². The van der Waals surface area contributed by atoms with Crippen molar-refractivity contribution in [1.29, 1.82) is 0 Å². The molecule has 1 atom stereocenters. The molecule has 4 heteroatoms. The van der Waals surface area contributed by atoms with Gasteiger partial charge in [0.15, 0.2) is 0 Å². The first kappa shape index (κ1) is 14.9. The normalized spacial score (nSPS) is 16.8. The summed E-state index contributed by atoms with van der Waals surface area (Å²) in [6.45, 7) is 5.62. The third-order valence-corrected chi connectivity index (χ3v) is 3.97. The monoisotopic (exact) mass is 276 g/mol. The Kier molecular flexibility index (Phi) is 5.41. The van der Waals surface area contributed by atoms with Gasteiger partial charge in [0.05, 0.1) is 7.11 Å². The van der Waals surface area contributed by atoms with Gasteiger partial charge in [-0.2, -0.15) is 0 Å². The zero-order valence-corrected chi connectivity index (χ0v) is 12.4. The fourth-order valence-corrected chi connectivity index (χ4v) is 2.63. The van der Waals surface area contributed by atoms with Crippen LogP contribution in [0.1, 0.15) is 31.2 Å². The summed E-state index contributed by atoms with van der Waals surface area (Å²) in [4.78, 5) is 14.3. The van der Waals surface area contributed by atoms with Crippen LogP contribution in [0.25, 0.3) is 0 Å². The summed E-state index contributed by atoms with van der Waals surface area (Å²) in [6.07, 6.45) is 1.58. The summed E-state index contributed by atoms with van der Waals surface area (Å²) < 4.78 is 5.18. The first-order valence-corrected chi connectivity index (χ1v) is 7.37. The molecule has 1 saturated heterocycles. The highest BCUT2D eigenvalue weighted by atomic mass is 16.5. The lowest BCUT2D eigenvalue weighted by atomic mass is 9.92. The van der Waals surface area contributed by atoms with E-state index in [2.05, 4.69) is 24.4 Å². The lowest BCUT2D eigenvalue weighted by Gasteiger charge is -2.29. The first-order chi connectivity index (χ1) is 9.74. The Morgan fingerprint density at radius 3 is 2.50 bits per heavy atom. The number of ether oxygens (including phenoxy) is 1. The van der Waals surface area contributed by atoms with Gasteiger partial charge in [-0.15, -0.1) is 0 Å². The maximum absolute atomic E-state index is 12.3. The molecule has 1 aliphatic heterocycles. The number of hydrogen-bond acceptors (Lipinski definition) is 3. The molecule has 1 unspecified atom stereocenters. The molecule has 20 heavy (non-hydrogen) atoms. The molecule has 0 aliphatic carbocycles. The Balaban J connectivity index is 1.98. The number of nitrogens with zero attached hydrogens (tertiary/aromatic N) is 1. The van der Waals surface area contributed by atoms with Gasteiger partial charge in [0.25, 0.3) is 0 Å². The Hall–Kier alpha value is -1.55. The second-order valence-electron chi connectivity index (χ2n) is 5.21. The summed E-state index contributed by atoms with van der Waals surface area (Å²) >= 11 is 0. The molecule has 1 fully saturated rings. The minimum absolute atomic E-state index is 0.272. The van der Waals surface area contributed by atoms with Crippen molar-refractivity contribution in [3.05, 3.63) is 29.8 Å². The van der Waals surface area contributed by atoms with Crippen LogP contribution in [-0.4, -0.2) is 44.1 Å². The standard InChI is InChI=1S/C16H24N2O2/c1-3-13(14-4-6-15(20-2)7-5-14)12-16(19)18-10-8-17-9-11-18/h4-7,13,17H,3,8-12H2,1-2H3. The largest absolute Gasteiger partial charge is 0.497 e. The number of carbonyl (C=O) groups excluding carboxylic acids is 1. The van der Waals surface area contributed by atoms with E-state index < -0.39 is 0 Å². The number of rotatable bonds is 5. The molecule has 0 saturated carbocycles. The third kappa shape index (κ3) is 3.73. The van der Waals surface area contributed by atoms with Crippen molar-refractivity contribution in [3.63, 3.8) is 0 Å². The zero-order chi connectivity index (χ0) is 14.4. The minimum Gasteiger partial charge on any atom is -0.497 e. The molecule has 4 nitrogen and oxygen atoms in total. The number of nitrogens with one attached hydrogen (secondary N) is 1. The number of carbonyl (C=O) groups is 1. The van der Waals surface area contributed by atoms with Gasteiger partial charge in [-0.25, -0.2) is 0 Å². The Labute approximate surface area is 121 Å². The maximum atomic E-state index is 12.3. The van der Waals surface area contributed by atoms with E-state index >= 15 is 0 Å². The number of piperazine rings is 1. The van der Waals surface area contributed by atoms with Crippen molar-refractivity contribution >= 4 is 5.91 Å². The van der Waals surface area contributed by atoms with Gasteiger partial charge in [0, 0.05) is 32.6 Å². The second kappa shape index (κ2) is 7.29. The Morgan fingerprint density at radius 1 is 1.30 bits per heavy atom. The molecule has 110 valence electrons. The van der Waals surface area contributed by atoms with E-state index in [1.807, 2.05) is 17.0 Å². The van der Waals surface area contributed by atoms with Crippen LogP contribution in [0.4, 0.5) is 0 Å². The van der Waals surface area contributed by atoms with Crippen LogP contribution >= 0.6 is 0 Å². The molecular weight excluding hydrogens is 252 g/mol. The molecule has 0 spiro atoms. The lowest BCUT2D eigenvalue weighted by Crippen LogP contribution is -2.46. The van der Waals surface area contributed by atoms with Crippen molar-refractivity contribution in [1.82, 2.24) is 10.2 Å². The molecule has 2 rings (SSSR count). The summed E-state index contributed by atoms with van der Waals surface area (Å²) in [7, 11) is 1.67. The molecule has 1 amide bonds. The van der Waals surface area contributed by atoms with Gasteiger partial charge in [-0.1, -0.05) is 19.1 Å². The molecule has 0 bridgehead atoms. The highest BCUT2D eigenvalue weighted by Gasteiger charge is 2.20. The molecule has 1 aromatic rings. The van der Waals surface area contributed by atoms with Gasteiger partial charge < -0.3 is 15.0 Å². The highest BCUT2D eigenvalue weighted by molar-refractivity contribution is 5.77. The highest BCUT2D eigenvalue weighted by Crippen LogP contribution is 2.26. The number of benzene rings is 1. The van der Waals surface area contributed by atoms with Gasteiger partial charge in [-0.05, 0) is 30.0 Å². The number of methoxy groups -OCH3 is 1. The average Bonchev–Trinajstić information content (AvgIpc) is 2.53. The Bertz CT molecular complexity index is 425. The quantitative estimate of drug-likeness (QED) is 0.894. The SMILES string of the molecule is CCC(CC(=O)N1CCNCC1)c1ccc(OC)cc1. The lowest BCUT2D eigenvalue weighted by molar-refractivity contribution is -0.132. The van der Waals surface area contributed by atoms with Gasteiger partial charge in [0.1, 0.15) is 5.75 Å². The summed E-state index contributed by atoms with van der Waals surface area (Å²) in [6, 6.07) is 8.07. The van der Waals surface area contributed by atoms with Crippen LogP contribution in [0.5, 0.6) is 5.75 Å². The van der Waals surface area contributed by atoms with Crippen LogP contribution in [-0.2, 0) is 4.79 Å². The average molecular weight is 276 g/mol. The van der Waals surface area contributed by atoms with Crippen molar-refractivity contribution in [2.45, 2.75) is 25.7 Å². The van der Waals surface area contributed by atoms with Crippen molar-refractivity contribution in [2.75, 3.05) is 33.3 Å². The van der Waals surface area contributed by atoms with E-state index in [1.165, 1.54) is 5.56 Å². The maximum Gasteiger partial charge on any atom is 0.223 e. The van der Waals surface area contributed by atoms with Crippen molar-refractivity contribution < 1.29 is 9.53 Å². The topological polar surface area (TPSA) is 41.6 Å². The van der Waals surface area contributed by atoms with E-state index in [4.69, 9.17) is 4.74 Å². The molecular formula is C16H24N2O2. The molecule has 1 heterocycles. The fourth-order valence-electron chi connectivity index (χ4n) is 2.63. The van der Waals surface area contributed by atoms with Crippen LogP contribution in [0.15, 0.2) is 24.3 Å². The van der Waals surface area contributed by atoms with Crippen LogP contribution in [0.2, 0.25) is 0 Å². The fraction of sp³-hybridized carbons (Fsp3) is 0.562. The van der Waals surface area contributed by atoms with E-state index in [9.17, 15) is 4.79 Å². The van der Waals surface area contributed by atoms with Gasteiger partial charge in [-0.3, -0.25) is 4.79 Å². The predicted molar refractivity (Wildman–Crippen MR) is 80.1 cm³/mol. The predicted octanol–water partition coefficient (Wildman–Crippen LogP) is 2.01. The van der Waals surface area contributed by atoms with Gasteiger partial charge >= 0.3 is 0 Å². The zero-order valence-electron chi connectivity index (χ0n) is 12.4. The van der Waals surface area contributed by atoms with Crippen molar-refractivity contribution in [2.24, 2.45) is 0 Å². The third-order valence-electron chi connectivity index (χ3n) is 3.97. The molecule has 1 aromatic carbocycles. The Morgan fingerprint density at radius 2 is 1.95 bits per heavy atom. The van der Waals surface area contributed by atoms with Crippen LogP contribution in [0, 0.1) is 0 Å². The minimum atomic E-state index is 0.272. The van der Waals surface area contributed by atoms with Crippen LogP contribution < -0.4 is 10.1 Å². The number of amides is 1. The van der Waals surface area contributed by atoms with E-state index in [-0.39, 0.29) is 5.91 Å². The first-order valence-electron chi connectivity index (χ1n) is 7.37. The molecule has 0 radical (unpaired) electrons. The smallest absolute Gasteiger partial charge is 0.223 e.